The molecule has 0 aliphatic carbocycles. The molecule has 3 heterocycles. The molecule has 124 valence electrons. The molecule has 2 saturated heterocycles. The van der Waals surface area contributed by atoms with E-state index in [1.54, 1.807) is 24.5 Å². The number of pyridine rings is 1. The molecular weight excluding hydrogens is 304 g/mol. The minimum atomic E-state index is -0.242. The lowest BCUT2D eigenvalue weighted by Crippen LogP contribution is -2.50. The first-order chi connectivity index (χ1) is 11.8. The molecule has 2 bridgehead atoms. The van der Waals surface area contributed by atoms with E-state index in [9.17, 15) is 4.79 Å². The molecule has 0 saturated carbocycles. The summed E-state index contributed by atoms with van der Waals surface area (Å²) < 4.78 is 11.6. The van der Waals surface area contributed by atoms with E-state index in [4.69, 9.17) is 9.47 Å². The molecule has 2 atom stereocenters. The summed E-state index contributed by atoms with van der Waals surface area (Å²) in [6.45, 7) is 0. The molecule has 1 aromatic heterocycles. The van der Waals surface area contributed by atoms with Crippen molar-refractivity contribution in [1.29, 1.82) is 0 Å². The Morgan fingerprint density at radius 3 is 2.38 bits per heavy atom. The van der Waals surface area contributed by atoms with E-state index in [0.29, 0.717) is 5.75 Å². The summed E-state index contributed by atoms with van der Waals surface area (Å²) in [5.74, 6) is 1.39. The number of carbonyl (C=O) groups excluding carboxylic acids is 1. The van der Waals surface area contributed by atoms with Gasteiger partial charge in [0.25, 0.3) is 0 Å². The third-order valence-corrected chi connectivity index (χ3v) is 4.79. The van der Waals surface area contributed by atoms with Crippen LogP contribution in [-0.2, 0) is 0 Å². The van der Waals surface area contributed by atoms with Gasteiger partial charge in [-0.15, -0.1) is 0 Å². The molecule has 2 aliphatic rings. The van der Waals surface area contributed by atoms with Crippen molar-refractivity contribution in [3.63, 3.8) is 0 Å². The highest BCUT2D eigenvalue weighted by Gasteiger charge is 2.45. The summed E-state index contributed by atoms with van der Waals surface area (Å²) in [4.78, 5) is 18.5. The first-order valence-corrected chi connectivity index (χ1v) is 8.41. The standard InChI is InChI=1S/C19H20N2O3/c22-19(24-16-5-2-1-3-6-16)21-14-8-9-15(21)12-18(11-14)23-17-7-4-10-20-13-17/h1-7,10,13-15,18H,8-9,11-12H2. The van der Waals surface area contributed by atoms with Crippen LogP contribution >= 0.6 is 0 Å². The molecule has 2 aromatic rings. The Labute approximate surface area is 141 Å². The van der Waals surface area contributed by atoms with Crippen LogP contribution in [0.3, 0.4) is 0 Å². The summed E-state index contributed by atoms with van der Waals surface area (Å²) in [6.07, 6.45) is 7.07. The number of piperidine rings is 1. The highest BCUT2D eigenvalue weighted by molar-refractivity contribution is 5.72. The molecule has 2 unspecified atom stereocenters. The SMILES string of the molecule is O=C(Oc1ccccc1)N1C2CCC1CC(Oc1cccnc1)C2. The zero-order valence-electron chi connectivity index (χ0n) is 13.4. The number of aromatic nitrogens is 1. The molecule has 2 fully saturated rings. The highest BCUT2D eigenvalue weighted by Crippen LogP contribution is 2.37. The highest BCUT2D eigenvalue weighted by atomic mass is 16.6. The first kappa shape index (κ1) is 15.0. The lowest BCUT2D eigenvalue weighted by molar-refractivity contribution is 0.0526. The van der Waals surface area contributed by atoms with Gasteiger partial charge < -0.3 is 14.4 Å². The Kier molecular flexibility index (Phi) is 4.07. The van der Waals surface area contributed by atoms with Crippen LogP contribution in [-0.4, -0.2) is 34.2 Å². The van der Waals surface area contributed by atoms with E-state index in [-0.39, 0.29) is 24.3 Å². The summed E-state index contributed by atoms with van der Waals surface area (Å²) in [7, 11) is 0. The maximum absolute atomic E-state index is 12.5. The number of nitrogens with zero attached hydrogens (tertiary/aromatic N) is 2. The molecule has 1 aromatic carbocycles. The Morgan fingerprint density at radius 1 is 1.00 bits per heavy atom. The molecule has 24 heavy (non-hydrogen) atoms. The van der Waals surface area contributed by atoms with Crippen molar-refractivity contribution < 1.29 is 14.3 Å². The topological polar surface area (TPSA) is 51.7 Å². The Hall–Kier alpha value is -2.56. The molecule has 4 rings (SSSR count). The summed E-state index contributed by atoms with van der Waals surface area (Å²) in [5.41, 5.74) is 0. The van der Waals surface area contributed by atoms with Crippen molar-refractivity contribution in [2.45, 2.75) is 43.9 Å². The Morgan fingerprint density at radius 2 is 1.71 bits per heavy atom. The fourth-order valence-corrected chi connectivity index (χ4v) is 3.77. The van der Waals surface area contributed by atoms with E-state index in [2.05, 4.69) is 4.98 Å². The molecular formula is C19H20N2O3. The molecule has 0 spiro atoms. The van der Waals surface area contributed by atoms with Crippen LogP contribution < -0.4 is 9.47 Å². The fourth-order valence-electron chi connectivity index (χ4n) is 3.77. The number of hydrogen-bond donors (Lipinski definition) is 0. The van der Waals surface area contributed by atoms with Crippen LogP contribution in [0, 0.1) is 0 Å². The minimum Gasteiger partial charge on any atom is -0.489 e. The lowest BCUT2D eigenvalue weighted by Gasteiger charge is -2.37. The van der Waals surface area contributed by atoms with E-state index >= 15 is 0 Å². The summed E-state index contributed by atoms with van der Waals surface area (Å²) >= 11 is 0. The third kappa shape index (κ3) is 3.07. The van der Waals surface area contributed by atoms with Gasteiger partial charge in [0, 0.05) is 31.1 Å². The normalized spacial score (nSPS) is 25.3. The number of para-hydroxylation sites is 1. The van der Waals surface area contributed by atoms with Crippen LogP contribution in [0.1, 0.15) is 25.7 Å². The van der Waals surface area contributed by atoms with Crippen LogP contribution in [0.25, 0.3) is 0 Å². The molecule has 5 nitrogen and oxygen atoms in total. The van der Waals surface area contributed by atoms with Crippen molar-refractivity contribution in [2.24, 2.45) is 0 Å². The van der Waals surface area contributed by atoms with Gasteiger partial charge in [-0.1, -0.05) is 18.2 Å². The number of fused-ring (bicyclic) bond motifs is 2. The average molecular weight is 324 g/mol. The first-order valence-electron chi connectivity index (χ1n) is 8.41. The monoisotopic (exact) mass is 324 g/mol. The number of ether oxygens (including phenoxy) is 2. The Bertz CT molecular complexity index is 678. The van der Waals surface area contributed by atoms with Crippen LogP contribution in [0.15, 0.2) is 54.9 Å². The maximum Gasteiger partial charge on any atom is 0.415 e. The molecule has 0 N–H and O–H groups in total. The second kappa shape index (κ2) is 6.51. The maximum atomic E-state index is 12.5. The van der Waals surface area contributed by atoms with Crippen molar-refractivity contribution in [1.82, 2.24) is 9.88 Å². The fraction of sp³-hybridized carbons (Fsp3) is 0.368. The molecule has 1 amide bonds. The van der Waals surface area contributed by atoms with Crippen molar-refractivity contribution in [3.8, 4) is 11.5 Å². The van der Waals surface area contributed by atoms with Gasteiger partial charge in [-0.05, 0) is 37.1 Å². The minimum absolute atomic E-state index is 0.132. The smallest absolute Gasteiger partial charge is 0.415 e. The van der Waals surface area contributed by atoms with E-state index in [0.717, 1.165) is 31.4 Å². The van der Waals surface area contributed by atoms with Gasteiger partial charge >= 0.3 is 6.09 Å². The number of carbonyl (C=O) groups is 1. The van der Waals surface area contributed by atoms with Gasteiger partial charge in [0.05, 0.1) is 6.20 Å². The largest absolute Gasteiger partial charge is 0.489 e. The molecule has 2 aliphatic heterocycles. The van der Waals surface area contributed by atoms with E-state index in [1.807, 2.05) is 35.2 Å². The van der Waals surface area contributed by atoms with Gasteiger partial charge in [0.1, 0.15) is 17.6 Å². The van der Waals surface area contributed by atoms with Gasteiger partial charge in [-0.2, -0.15) is 0 Å². The quantitative estimate of drug-likeness (QED) is 0.865. The van der Waals surface area contributed by atoms with Gasteiger partial charge in [0.2, 0.25) is 0 Å². The lowest BCUT2D eigenvalue weighted by atomic mass is 10.0. The average Bonchev–Trinajstić information content (AvgIpc) is 2.88. The number of amides is 1. The molecule has 5 heteroatoms. The number of rotatable bonds is 3. The van der Waals surface area contributed by atoms with Gasteiger partial charge in [-0.3, -0.25) is 4.98 Å². The number of benzene rings is 1. The third-order valence-electron chi connectivity index (χ3n) is 4.79. The van der Waals surface area contributed by atoms with E-state index < -0.39 is 0 Å². The van der Waals surface area contributed by atoms with Crippen molar-refractivity contribution in [2.75, 3.05) is 0 Å². The van der Waals surface area contributed by atoms with E-state index in [1.165, 1.54) is 0 Å². The second-order valence-electron chi connectivity index (χ2n) is 6.37. The van der Waals surface area contributed by atoms with Gasteiger partial charge in [-0.25, -0.2) is 4.79 Å². The van der Waals surface area contributed by atoms with Crippen LogP contribution in [0.4, 0.5) is 4.79 Å². The van der Waals surface area contributed by atoms with Gasteiger partial charge in [0.15, 0.2) is 0 Å². The van der Waals surface area contributed by atoms with Crippen molar-refractivity contribution >= 4 is 6.09 Å². The zero-order chi connectivity index (χ0) is 16.4. The van der Waals surface area contributed by atoms with Crippen molar-refractivity contribution in [3.05, 3.63) is 54.9 Å². The zero-order valence-corrected chi connectivity index (χ0v) is 13.4. The van der Waals surface area contributed by atoms with Crippen LogP contribution in [0.2, 0.25) is 0 Å². The molecule has 0 radical (unpaired) electrons. The predicted octanol–water partition coefficient (Wildman–Crippen LogP) is 3.65. The summed E-state index contributed by atoms with van der Waals surface area (Å²) in [5, 5.41) is 0. The number of hydrogen-bond acceptors (Lipinski definition) is 4. The summed E-state index contributed by atoms with van der Waals surface area (Å²) in [6, 6.07) is 13.4. The Balaban J connectivity index is 1.40. The predicted molar refractivity (Wildman–Crippen MR) is 89.0 cm³/mol. The van der Waals surface area contributed by atoms with Crippen LogP contribution in [0.5, 0.6) is 11.5 Å². The second-order valence-corrected chi connectivity index (χ2v) is 6.37.